The Morgan fingerprint density at radius 2 is 1.68 bits per heavy atom. The van der Waals surface area contributed by atoms with Crippen LogP contribution in [0.2, 0.25) is 0 Å². The molecule has 0 saturated carbocycles. The Morgan fingerprint density at radius 1 is 1.11 bits per heavy atom. The van der Waals surface area contributed by atoms with Crippen molar-refractivity contribution < 1.29 is 22.5 Å². The number of carbonyl (C=O) groups is 1. The molecule has 2 aromatic rings. The summed E-state index contributed by atoms with van der Waals surface area (Å²) < 4.78 is 34.6. The van der Waals surface area contributed by atoms with Gasteiger partial charge in [0.15, 0.2) is 0 Å². The summed E-state index contributed by atoms with van der Waals surface area (Å²) in [7, 11) is -4.02. The largest absolute Gasteiger partial charge is 0.445 e. The van der Waals surface area contributed by atoms with Crippen molar-refractivity contribution in [2.75, 3.05) is 0 Å². The summed E-state index contributed by atoms with van der Waals surface area (Å²) in [5.74, 6) is 0.444. The summed E-state index contributed by atoms with van der Waals surface area (Å²) in [6.45, 7) is 6.21. The van der Waals surface area contributed by atoms with Crippen molar-refractivity contribution in [3.63, 3.8) is 0 Å². The van der Waals surface area contributed by atoms with Gasteiger partial charge in [0, 0.05) is 0 Å². The Balaban J connectivity index is 0.000000307. The lowest BCUT2D eigenvalue weighted by molar-refractivity contribution is 0.134. The van der Waals surface area contributed by atoms with E-state index in [0.29, 0.717) is 5.92 Å². The third-order valence-electron chi connectivity index (χ3n) is 3.56. The van der Waals surface area contributed by atoms with Crippen molar-refractivity contribution in [1.82, 2.24) is 5.32 Å². The normalized spacial score (nSPS) is 11.9. The van der Waals surface area contributed by atoms with Gasteiger partial charge in [0.2, 0.25) is 0 Å². The molecule has 2 rings (SSSR count). The number of ether oxygens (including phenoxy) is 1. The van der Waals surface area contributed by atoms with Crippen LogP contribution in [-0.2, 0) is 21.5 Å². The fourth-order valence-corrected chi connectivity index (χ4v) is 2.67. The standard InChI is InChI=1S/C13H20N2O2.C7H8O3S/c1-10(2)8-12(14)15-13(16)17-9-11-6-4-3-5-7-11;1-6-2-4-7(5-3-6)11(8,9)10/h3-7,10,12H,8-9,14H2,1-2H3,(H,15,16);2-5H,1H3,(H,8,9,10). The zero-order chi connectivity index (χ0) is 21.2. The van der Waals surface area contributed by atoms with Gasteiger partial charge in [0.05, 0.1) is 11.1 Å². The van der Waals surface area contributed by atoms with E-state index in [1.807, 2.05) is 37.3 Å². The number of rotatable bonds is 6. The highest BCUT2D eigenvalue weighted by Crippen LogP contribution is 2.08. The Bertz CT molecular complexity index is 821. The molecule has 2 aromatic carbocycles. The molecule has 0 spiro atoms. The second-order valence-corrected chi connectivity index (χ2v) is 8.15. The van der Waals surface area contributed by atoms with Crippen LogP contribution in [0.1, 0.15) is 31.4 Å². The molecule has 0 aliphatic carbocycles. The van der Waals surface area contributed by atoms with E-state index in [1.54, 1.807) is 12.1 Å². The summed E-state index contributed by atoms with van der Waals surface area (Å²) in [5.41, 5.74) is 7.65. The van der Waals surface area contributed by atoms with Crippen molar-refractivity contribution in [1.29, 1.82) is 0 Å². The molecule has 0 saturated heterocycles. The third-order valence-corrected chi connectivity index (χ3v) is 4.43. The maximum absolute atomic E-state index is 11.4. The molecule has 0 aromatic heterocycles. The van der Waals surface area contributed by atoms with Crippen molar-refractivity contribution in [3.05, 3.63) is 65.7 Å². The van der Waals surface area contributed by atoms with E-state index in [2.05, 4.69) is 19.2 Å². The molecular weight excluding hydrogens is 380 g/mol. The van der Waals surface area contributed by atoms with Gasteiger partial charge in [-0.05, 0) is 37.0 Å². The molecule has 0 bridgehead atoms. The first-order valence-corrected chi connectivity index (χ1v) is 10.3. The van der Waals surface area contributed by atoms with E-state index in [0.717, 1.165) is 17.5 Å². The van der Waals surface area contributed by atoms with Crippen LogP contribution in [0.3, 0.4) is 0 Å². The number of nitrogens with two attached hydrogens (primary N) is 1. The molecule has 0 aliphatic heterocycles. The zero-order valence-corrected chi connectivity index (χ0v) is 17.1. The predicted molar refractivity (Wildman–Crippen MR) is 108 cm³/mol. The van der Waals surface area contributed by atoms with Crippen LogP contribution in [0.4, 0.5) is 4.79 Å². The van der Waals surface area contributed by atoms with E-state index in [9.17, 15) is 13.2 Å². The van der Waals surface area contributed by atoms with E-state index >= 15 is 0 Å². The Kier molecular flexibility index (Phi) is 9.64. The fraction of sp³-hybridized carbons (Fsp3) is 0.350. The molecular formula is C20H28N2O5S. The smallest absolute Gasteiger partial charge is 0.408 e. The summed E-state index contributed by atoms with van der Waals surface area (Å²) in [6.07, 6.45) is -0.0826. The minimum atomic E-state index is -4.02. The maximum Gasteiger partial charge on any atom is 0.408 e. The quantitative estimate of drug-likeness (QED) is 0.497. The average Bonchev–Trinajstić information content (AvgIpc) is 2.60. The number of carbonyl (C=O) groups excluding carboxylic acids is 1. The number of hydrogen-bond acceptors (Lipinski definition) is 5. The number of aryl methyl sites for hydroxylation is 1. The highest BCUT2D eigenvalue weighted by molar-refractivity contribution is 7.85. The fourth-order valence-electron chi connectivity index (χ4n) is 2.19. The van der Waals surface area contributed by atoms with Gasteiger partial charge in [0.25, 0.3) is 10.1 Å². The van der Waals surface area contributed by atoms with E-state index in [1.165, 1.54) is 12.1 Å². The van der Waals surface area contributed by atoms with Gasteiger partial charge in [-0.1, -0.05) is 61.9 Å². The minimum Gasteiger partial charge on any atom is -0.445 e. The van der Waals surface area contributed by atoms with Crippen molar-refractivity contribution >= 4 is 16.2 Å². The second kappa shape index (κ2) is 11.4. The molecule has 7 nitrogen and oxygen atoms in total. The molecule has 154 valence electrons. The van der Waals surface area contributed by atoms with Crippen LogP contribution in [0, 0.1) is 12.8 Å². The Labute approximate surface area is 166 Å². The molecule has 1 amide bonds. The zero-order valence-electron chi connectivity index (χ0n) is 16.3. The van der Waals surface area contributed by atoms with E-state index in [4.69, 9.17) is 15.0 Å². The van der Waals surface area contributed by atoms with Crippen LogP contribution < -0.4 is 11.1 Å². The molecule has 1 unspecified atom stereocenters. The monoisotopic (exact) mass is 408 g/mol. The van der Waals surface area contributed by atoms with Gasteiger partial charge in [0.1, 0.15) is 6.61 Å². The first-order chi connectivity index (χ1) is 13.1. The number of nitrogens with one attached hydrogen (secondary N) is 1. The first kappa shape index (κ1) is 23.6. The van der Waals surface area contributed by atoms with Crippen LogP contribution in [0.15, 0.2) is 59.5 Å². The SMILES string of the molecule is CC(C)CC(N)NC(=O)OCc1ccccc1.Cc1ccc(S(=O)(=O)O)cc1. The minimum absolute atomic E-state index is 0.0666. The van der Waals surface area contributed by atoms with Crippen LogP contribution in [0.5, 0.6) is 0 Å². The van der Waals surface area contributed by atoms with E-state index < -0.39 is 16.2 Å². The molecule has 1 atom stereocenters. The highest BCUT2D eigenvalue weighted by Gasteiger charge is 2.10. The van der Waals surface area contributed by atoms with Crippen molar-refractivity contribution in [2.45, 2.75) is 44.9 Å². The summed E-state index contributed by atoms with van der Waals surface area (Å²) in [6, 6.07) is 15.5. The molecule has 28 heavy (non-hydrogen) atoms. The van der Waals surface area contributed by atoms with Crippen LogP contribution in [0.25, 0.3) is 0 Å². The summed E-state index contributed by atoms with van der Waals surface area (Å²) >= 11 is 0. The van der Waals surface area contributed by atoms with Gasteiger partial charge in [-0.15, -0.1) is 0 Å². The molecule has 0 fully saturated rings. The Morgan fingerprint density at radius 3 is 2.18 bits per heavy atom. The van der Waals surface area contributed by atoms with Crippen LogP contribution >= 0.6 is 0 Å². The molecule has 0 heterocycles. The lowest BCUT2D eigenvalue weighted by Gasteiger charge is -2.15. The molecule has 4 N–H and O–H groups in total. The van der Waals surface area contributed by atoms with Gasteiger partial charge in [-0.25, -0.2) is 4.79 Å². The molecule has 8 heteroatoms. The van der Waals surface area contributed by atoms with Gasteiger partial charge in [-0.2, -0.15) is 8.42 Å². The highest BCUT2D eigenvalue weighted by atomic mass is 32.2. The molecule has 0 aliphatic rings. The Hall–Kier alpha value is -2.42. The first-order valence-electron chi connectivity index (χ1n) is 8.85. The number of amides is 1. The predicted octanol–water partition coefficient (Wildman–Crippen LogP) is 3.49. The number of hydrogen-bond donors (Lipinski definition) is 3. The van der Waals surface area contributed by atoms with Crippen molar-refractivity contribution in [3.8, 4) is 0 Å². The lowest BCUT2D eigenvalue weighted by atomic mass is 10.1. The summed E-state index contributed by atoms with van der Waals surface area (Å²) in [5, 5.41) is 2.60. The lowest BCUT2D eigenvalue weighted by Crippen LogP contribution is -2.42. The molecule has 0 radical (unpaired) electrons. The average molecular weight is 409 g/mol. The van der Waals surface area contributed by atoms with Gasteiger partial charge in [-0.3, -0.25) is 4.55 Å². The number of alkyl carbamates (subject to hydrolysis) is 1. The van der Waals surface area contributed by atoms with Crippen molar-refractivity contribution in [2.24, 2.45) is 11.7 Å². The third kappa shape index (κ3) is 10.1. The second-order valence-electron chi connectivity index (χ2n) is 6.73. The summed E-state index contributed by atoms with van der Waals surface area (Å²) in [4.78, 5) is 11.3. The maximum atomic E-state index is 11.4. The van der Waals surface area contributed by atoms with Crippen LogP contribution in [-0.4, -0.2) is 25.2 Å². The van der Waals surface area contributed by atoms with Gasteiger partial charge < -0.3 is 15.8 Å². The van der Waals surface area contributed by atoms with E-state index in [-0.39, 0.29) is 17.7 Å². The topological polar surface area (TPSA) is 119 Å². The number of benzene rings is 2. The van der Waals surface area contributed by atoms with Gasteiger partial charge >= 0.3 is 6.09 Å².